The van der Waals surface area contributed by atoms with Gasteiger partial charge in [-0.2, -0.15) is 44.8 Å². The van der Waals surface area contributed by atoms with Crippen molar-refractivity contribution in [3.05, 3.63) is 54.1 Å². The van der Waals surface area contributed by atoms with Crippen LogP contribution >= 0.6 is 0 Å². The Kier molecular flexibility index (Phi) is 18.4. The zero-order valence-electron chi connectivity index (χ0n) is 31.3. The van der Waals surface area contributed by atoms with Crippen molar-refractivity contribution in [3.8, 4) is 34.2 Å². The molecule has 7 N–H and O–H groups in total. The predicted molar refractivity (Wildman–Crippen MR) is 197 cm³/mol. The van der Waals surface area contributed by atoms with Crippen molar-refractivity contribution in [2.45, 2.75) is 63.5 Å². The molecule has 0 unspecified atom stereocenters. The summed E-state index contributed by atoms with van der Waals surface area (Å²) in [6, 6.07) is 16.8. The van der Waals surface area contributed by atoms with E-state index in [2.05, 4.69) is 26.2 Å². The second-order valence-corrected chi connectivity index (χ2v) is 12.8. The van der Waals surface area contributed by atoms with E-state index in [9.17, 15) is 54.7 Å². The number of alkyl halides is 9. The van der Waals surface area contributed by atoms with Gasteiger partial charge in [0.25, 0.3) is 0 Å². The topological polar surface area (TPSA) is 230 Å². The number of hydrogen-bond donors (Lipinski definition) is 6. The molecular formula is C37H39F9N6O8. The smallest absolute Gasteiger partial charge is 0.490 e. The molecule has 2 saturated heterocycles. The molecule has 5 rings (SSSR count). The fourth-order valence-electron chi connectivity index (χ4n) is 5.61. The summed E-state index contributed by atoms with van der Waals surface area (Å²) in [5.41, 5.74) is 10.6. The van der Waals surface area contributed by atoms with Crippen LogP contribution in [0, 0.1) is 11.3 Å². The highest BCUT2D eigenvalue weighted by Crippen LogP contribution is 2.38. The van der Waals surface area contributed by atoms with Crippen LogP contribution in [0.5, 0.6) is 5.75 Å². The van der Waals surface area contributed by atoms with Gasteiger partial charge in [0, 0.05) is 37.2 Å². The molecule has 60 heavy (non-hydrogen) atoms. The number of para-hydroxylation sites is 1. The lowest BCUT2D eigenvalue weighted by Gasteiger charge is -2.31. The molecule has 2 aliphatic heterocycles. The SMILES string of the molecule is N#Cc1c(-c2ccc(N3CCCCC3)c(NC(=O)CCN3CCCCC3)c2)cc(-c2ccccc2O)nc1N.O=C(O)C(F)(F)F.O=C(O)C(F)(F)F.O=C(O)C(F)(F)F. The highest BCUT2D eigenvalue weighted by atomic mass is 19.4. The third-order valence-corrected chi connectivity index (χ3v) is 8.45. The Morgan fingerprint density at radius 3 is 1.68 bits per heavy atom. The highest BCUT2D eigenvalue weighted by Gasteiger charge is 2.39. The molecule has 2 fully saturated rings. The Hall–Kier alpha value is -6.31. The average Bonchev–Trinajstić information content (AvgIpc) is 3.17. The summed E-state index contributed by atoms with van der Waals surface area (Å²) in [5, 5.41) is 44.9. The lowest BCUT2D eigenvalue weighted by atomic mass is 9.97. The van der Waals surface area contributed by atoms with Gasteiger partial charge < -0.3 is 41.3 Å². The van der Waals surface area contributed by atoms with E-state index in [1.807, 2.05) is 24.3 Å². The van der Waals surface area contributed by atoms with Gasteiger partial charge in [0.1, 0.15) is 23.2 Å². The number of aliphatic carboxylic acids is 3. The second-order valence-electron chi connectivity index (χ2n) is 12.8. The van der Waals surface area contributed by atoms with Gasteiger partial charge in [-0.1, -0.05) is 24.6 Å². The number of carboxylic acid groups (broad SMARTS) is 3. The summed E-state index contributed by atoms with van der Waals surface area (Å²) in [4.78, 5) is 48.9. The molecular weight excluding hydrogens is 827 g/mol. The zero-order valence-corrected chi connectivity index (χ0v) is 31.3. The first kappa shape index (κ1) is 49.8. The molecule has 3 aromatic rings. The zero-order chi connectivity index (χ0) is 45.4. The van der Waals surface area contributed by atoms with Crippen molar-refractivity contribution in [2.24, 2.45) is 0 Å². The summed E-state index contributed by atoms with van der Waals surface area (Å²) in [5.74, 6) is -8.10. The Balaban J connectivity index is 0.000000485. The highest BCUT2D eigenvalue weighted by molar-refractivity contribution is 5.96. The Labute approximate surface area is 335 Å². The summed E-state index contributed by atoms with van der Waals surface area (Å²) in [6.45, 7) is 4.76. The van der Waals surface area contributed by atoms with Gasteiger partial charge in [0.05, 0.1) is 17.1 Å². The number of phenolic OH excluding ortho intramolecular Hbond substituents is 1. The van der Waals surface area contributed by atoms with E-state index < -0.39 is 36.4 Å². The summed E-state index contributed by atoms with van der Waals surface area (Å²) < 4.78 is 95.2. The largest absolute Gasteiger partial charge is 0.507 e. The van der Waals surface area contributed by atoms with Crippen LogP contribution in [-0.4, -0.2) is 105 Å². The third-order valence-electron chi connectivity index (χ3n) is 8.45. The maximum atomic E-state index is 13.1. The molecule has 2 aliphatic rings. The van der Waals surface area contributed by atoms with E-state index in [4.69, 9.17) is 35.4 Å². The number of rotatable bonds is 7. The molecule has 14 nitrogen and oxygen atoms in total. The van der Waals surface area contributed by atoms with Gasteiger partial charge in [-0.25, -0.2) is 19.4 Å². The van der Waals surface area contributed by atoms with Gasteiger partial charge in [0.2, 0.25) is 5.91 Å². The number of aromatic hydroxyl groups is 1. The number of amides is 1. The van der Waals surface area contributed by atoms with Crippen LogP contribution in [0.1, 0.15) is 50.5 Å². The fourth-order valence-corrected chi connectivity index (χ4v) is 5.61. The molecule has 1 aromatic heterocycles. The van der Waals surface area contributed by atoms with Gasteiger partial charge >= 0.3 is 36.4 Å². The van der Waals surface area contributed by atoms with Crippen molar-refractivity contribution in [1.82, 2.24) is 9.88 Å². The van der Waals surface area contributed by atoms with Crippen molar-refractivity contribution in [2.75, 3.05) is 48.7 Å². The van der Waals surface area contributed by atoms with Gasteiger partial charge in [-0.3, -0.25) is 4.79 Å². The van der Waals surface area contributed by atoms with Crippen LogP contribution in [0.3, 0.4) is 0 Å². The Morgan fingerprint density at radius 2 is 1.22 bits per heavy atom. The number of phenols is 1. The monoisotopic (exact) mass is 866 g/mol. The standard InChI is InChI=1S/C31H36N6O2.3C2HF3O2/c32-21-25-24(20-26(35-31(25)33)23-9-3-4-10-29(23)38)22-11-12-28(37-16-7-2-8-17-37)27(19-22)34-30(39)13-18-36-14-5-1-6-15-36;3*3-2(4,5)1(6)7/h3-4,9-12,19-20,38H,1-2,5-8,13-18H2,(H2,33,35)(H,34,39);3*(H,6,7). The normalized spacial score (nSPS) is 14.4. The number of nitrogens with two attached hydrogens (primary N) is 1. The minimum atomic E-state index is -5.08. The van der Waals surface area contributed by atoms with E-state index in [-0.39, 0.29) is 23.0 Å². The molecule has 1 amide bonds. The van der Waals surface area contributed by atoms with Crippen molar-refractivity contribution >= 4 is 41.0 Å². The van der Waals surface area contributed by atoms with Crippen molar-refractivity contribution in [1.29, 1.82) is 5.26 Å². The summed E-state index contributed by atoms with van der Waals surface area (Å²) in [6.07, 6.45) is -7.70. The number of carboxylic acids is 3. The van der Waals surface area contributed by atoms with Crippen LogP contribution < -0.4 is 16.0 Å². The fraction of sp³-hybridized carbons (Fsp3) is 0.405. The number of nitriles is 1. The predicted octanol–water partition coefficient (Wildman–Crippen LogP) is 7.28. The number of likely N-dealkylation sites (tertiary alicyclic amines) is 1. The lowest BCUT2D eigenvalue weighted by molar-refractivity contribution is -0.193. The first-order chi connectivity index (χ1) is 27.9. The van der Waals surface area contributed by atoms with Crippen LogP contribution in [0.25, 0.3) is 22.4 Å². The lowest BCUT2D eigenvalue weighted by Crippen LogP contribution is -2.33. The number of nitrogens with zero attached hydrogens (tertiary/aromatic N) is 4. The van der Waals surface area contributed by atoms with Crippen LogP contribution in [0.4, 0.5) is 56.7 Å². The quantitative estimate of drug-likeness (QED) is 0.128. The van der Waals surface area contributed by atoms with E-state index in [1.165, 1.54) is 25.7 Å². The van der Waals surface area contributed by atoms with Crippen LogP contribution in [-0.2, 0) is 19.2 Å². The van der Waals surface area contributed by atoms with E-state index >= 15 is 0 Å². The number of pyridine rings is 1. The van der Waals surface area contributed by atoms with Crippen LogP contribution in [0.2, 0.25) is 0 Å². The van der Waals surface area contributed by atoms with E-state index in [0.29, 0.717) is 23.2 Å². The molecule has 0 bridgehead atoms. The first-order valence-corrected chi connectivity index (χ1v) is 17.7. The number of nitrogen functional groups attached to an aromatic ring is 1. The number of piperidine rings is 2. The van der Waals surface area contributed by atoms with E-state index in [0.717, 1.165) is 62.5 Å². The average molecular weight is 867 g/mol. The number of aromatic nitrogens is 1. The number of carbonyl (C=O) groups excluding carboxylic acids is 1. The number of nitrogens with one attached hydrogen (secondary N) is 1. The molecule has 0 saturated carbocycles. The molecule has 0 atom stereocenters. The number of carbonyl (C=O) groups is 4. The number of hydrogen-bond acceptors (Lipinski definition) is 10. The van der Waals surface area contributed by atoms with Gasteiger partial charge in [0.15, 0.2) is 0 Å². The van der Waals surface area contributed by atoms with Gasteiger partial charge in [-0.05, 0) is 81.1 Å². The minimum Gasteiger partial charge on any atom is -0.507 e. The Bertz CT molecular complexity index is 1930. The molecule has 328 valence electrons. The molecule has 3 heterocycles. The number of halogens is 9. The van der Waals surface area contributed by atoms with E-state index in [1.54, 1.807) is 24.3 Å². The third kappa shape index (κ3) is 16.1. The van der Waals surface area contributed by atoms with Crippen molar-refractivity contribution < 1.29 is 79.1 Å². The maximum Gasteiger partial charge on any atom is 0.490 e. The van der Waals surface area contributed by atoms with Gasteiger partial charge in [-0.15, -0.1) is 0 Å². The second kappa shape index (κ2) is 22.2. The molecule has 0 aliphatic carbocycles. The number of benzene rings is 2. The molecule has 0 radical (unpaired) electrons. The molecule has 23 heteroatoms. The first-order valence-electron chi connectivity index (χ1n) is 17.7. The number of anilines is 3. The summed E-state index contributed by atoms with van der Waals surface area (Å²) in [7, 11) is 0. The van der Waals surface area contributed by atoms with Crippen LogP contribution in [0.15, 0.2) is 48.5 Å². The van der Waals surface area contributed by atoms with Crippen molar-refractivity contribution in [3.63, 3.8) is 0 Å². The Morgan fingerprint density at radius 1 is 0.733 bits per heavy atom. The summed E-state index contributed by atoms with van der Waals surface area (Å²) >= 11 is 0. The molecule has 0 spiro atoms. The molecule has 2 aromatic carbocycles. The maximum absolute atomic E-state index is 13.1. The minimum absolute atomic E-state index is 0.0133.